The van der Waals surface area contributed by atoms with Gasteiger partial charge in [-0.1, -0.05) is 34.1 Å². The number of piperidine rings is 1. The van der Waals surface area contributed by atoms with E-state index in [1.165, 1.54) is 9.47 Å². The summed E-state index contributed by atoms with van der Waals surface area (Å²) in [6, 6.07) is 0.921. The van der Waals surface area contributed by atoms with Gasteiger partial charge in [-0.15, -0.1) is 0 Å². The minimum Gasteiger partial charge on any atom is -0.383 e. The number of H-pyrrole nitrogens is 1. The summed E-state index contributed by atoms with van der Waals surface area (Å²) < 4.78 is 1.34. The third-order valence-electron chi connectivity index (χ3n) is 5.48. The molecule has 1 amide bonds. The monoisotopic (exact) mass is 422 g/mol. The van der Waals surface area contributed by atoms with Gasteiger partial charge in [0.25, 0.3) is 5.56 Å². The Morgan fingerprint density at radius 2 is 1.90 bits per heavy atom. The van der Waals surface area contributed by atoms with Crippen LogP contribution in [0.3, 0.4) is 0 Å². The molecule has 2 heterocycles. The van der Waals surface area contributed by atoms with Gasteiger partial charge in [-0.2, -0.15) is 0 Å². The fourth-order valence-corrected chi connectivity index (χ4v) is 3.97. The van der Waals surface area contributed by atoms with Gasteiger partial charge in [0.15, 0.2) is 5.69 Å². The highest BCUT2D eigenvalue weighted by molar-refractivity contribution is 5.96. The van der Waals surface area contributed by atoms with Crippen molar-refractivity contribution in [2.75, 3.05) is 36.8 Å². The van der Waals surface area contributed by atoms with Gasteiger partial charge in [0.2, 0.25) is 5.91 Å². The molecule has 30 heavy (non-hydrogen) atoms. The maximum Gasteiger partial charge on any atom is 0.330 e. The molecule has 1 aliphatic heterocycles. The lowest BCUT2D eigenvalue weighted by atomic mass is 10.0. The second-order valence-corrected chi connectivity index (χ2v) is 8.42. The molecule has 0 unspecified atom stereocenters. The van der Waals surface area contributed by atoms with Crippen molar-refractivity contribution in [3.8, 4) is 0 Å². The lowest BCUT2D eigenvalue weighted by Crippen LogP contribution is -2.49. The molecule has 0 spiro atoms. The number of hydrogen-bond acceptors (Lipinski definition) is 6. The van der Waals surface area contributed by atoms with Gasteiger partial charge in [-0.05, 0) is 25.7 Å². The normalized spacial score (nSPS) is 15.6. The van der Waals surface area contributed by atoms with Gasteiger partial charge in [0.1, 0.15) is 5.82 Å². The number of unbranched alkanes of at least 4 members (excludes halogenated alkanes) is 1. The zero-order chi connectivity index (χ0) is 22.3. The first-order valence-electron chi connectivity index (χ1n) is 11.2. The molecule has 0 atom stereocenters. The minimum absolute atomic E-state index is 0.0647. The third-order valence-corrected chi connectivity index (χ3v) is 5.48. The van der Waals surface area contributed by atoms with Crippen molar-refractivity contribution in [2.45, 2.75) is 78.4 Å². The number of anilines is 2. The summed E-state index contributed by atoms with van der Waals surface area (Å²) in [6.45, 7) is 10.9. The Morgan fingerprint density at radius 1 is 1.23 bits per heavy atom. The van der Waals surface area contributed by atoms with Crippen LogP contribution in [0.4, 0.5) is 11.5 Å². The SMILES string of the molecule is CCCCN(C(=O)CN1CCC(NC(C)C)CC1)c1c(N)n(CCC)c(=O)[nH]c1=O. The van der Waals surface area contributed by atoms with Gasteiger partial charge in [-0.3, -0.25) is 24.0 Å². The first kappa shape index (κ1) is 24.1. The summed E-state index contributed by atoms with van der Waals surface area (Å²) in [5.41, 5.74) is 5.16. The average molecular weight is 423 g/mol. The van der Waals surface area contributed by atoms with E-state index in [9.17, 15) is 14.4 Å². The number of likely N-dealkylation sites (tertiary alicyclic amines) is 1. The highest BCUT2D eigenvalue weighted by Crippen LogP contribution is 2.19. The molecule has 0 aliphatic carbocycles. The predicted octanol–water partition coefficient (Wildman–Crippen LogP) is 1.12. The number of amides is 1. The van der Waals surface area contributed by atoms with Crippen molar-refractivity contribution in [3.63, 3.8) is 0 Å². The second-order valence-electron chi connectivity index (χ2n) is 8.42. The largest absolute Gasteiger partial charge is 0.383 e. The third kappa shape index (κ3) is 6.18. The highest BCUT2D eigenvalue weighted by Gasteiger charge is 2.27. The van der Waals surface area contributed by atoms with E-state index in [2.05, 4.69) is 29.0 Å². The number of aromatic nitrogens is 2. The summed E-state index contributed by atoms with van der Waals surface area (Å²) in [5, 5.41) is 3.55. The van der Waals surface area contributed by atoms with Crippen molar-refractivity contribution < 1.29 is 4.79 Å². The number of carbonyl (C=O) groups excluding carboxylic acids is 1. The molecule has 1 fully saturated rings. The molecule has 1 aromatic heterocycles. The van der Waals surface area contributed by atoms with Crippen molar-refractivity contribution >= 4 is 17.4 Å². The Labute approximate surface area is 178 Å². The molecule has 0 aromatic carbocycles. The molecule has 9 nitrogen and oxygen atoms in total. The number of hydrogen-bond donors (Lipinski definition) is 3. The standard InChI is InChI=1S/C21H38N6O3/c1-5-7-11-26(18-19(22)27(10-6-2)21(30)24-20(18)29)17(28)14-25-12-8-16(9-13-25)23-15(3)4/h15-16,23H,5-14,22H2,1-4H3,(H,24,29,30). The zero-order valence-electron chi connectivity index (χ0n) is 18.9. The smallest absolute Gasteiger partial charge is 0.330 e. The van der Waals surface area contributed by atoms with Crippen LogP contribution >= 0.6 is 0 Å². The van der Waals surface area contributed by atoms with E-state index in [4.69, 9.17) is 5.73 Å². The van der Waals surface area contributed by atoms with Crippen LogP contribution < -0.4 is 27.2 Å². The van der Waals surface area contributed by atoms with Gasteiger partial charge in [0.05, 0.1) is 6.54 Å². The van der Waals surface area contributed by atoms with Crippen molar-refractivity contribution in [1.82, 2.24) is 19.8 Å². The van der Waals surface area contributed by atoms with Gasteiger partial charge >= 0.3 is 5.69 Å². The van der Waals surface area contributed by atoms with Crippen molar-refractivity contribution in [1.29, 1.82) is 0 Å². The molecule has 0 radical (unpaired) electrons. The summed E-state index contributed by atoms with van der Waals surface area (Å²) in [6.07, 6.45) is 4.30. The van der Waals surface area contributed by atoms with E-state index in [1.54, 1.807) is 0 Å². The Hall–Kier alpha value is -2.13. The number of carbonyl (C=O) groups is 1. The van der Waals surface area contributed by atoms with E-state index >= 15 is 0 Å². The number of nitrogens with two attached hydrogens (primary N) is 1. The number of aromatic amines is 1. The van der Waals surface area contributed by atoms with Crippen LogP contribution in [0, 0.1) is 0 Å². The van der Waals surface area contributed by atoms with Crippen LogP contribution in [0.2, 0.25) is 0 Å². The fraction of sp³-hybridized carbons (Fsp3) is 0.762. The van der Waals surface area contributed by atoms with Gasteiger partial charge < -0.3 is 16.0 Å². The zero-order valence-corrected chi connectivity index (χ0v) is 18.9. The summed E-state index contributed by atoms with van der Waals surface area (Å²) >= 11 is 0. The van der Waals surface area contributed by atoms with Crippen molar-refractivity contribution in [3.05, 3.63) is 20.8 Å². The second kappa shape index (κ2) is 11.3. The van der Waals surface area contributed by atoms with Crippen LogP contribution in [-0.4, -0.2) is 58.6 Å². The molecule has 0 saturated carbocycles. The molecular formula is C21H38N6O3. The molecular weight excluding hydrogens is 384 g/mol. The van der Waals surface area contributed by atoms with E-state index in [-0.39, 0.29) is 24.0 Å². The van der Waals surface area contributed by atoms with Crippen molar-refractivity contribution in [2.24, 2.45) is 0 Å². The van der Waals surface area contributed by atoms with Crippen LogP contribution in [0.15, 0.2) is 9.59 Å². The average Bonchev–Trinajstić information content (AvgIpc) is 2.68. The summed E-state index contributed by atoms with van der Waals surface area (Å²) in [4.78, 5) is 43.9. The van der Waals surface area contributed by atoms with Crippen LogP contribution in [0.25, 0.3) is 0 Å². The van der Waals surface area contributed by atoms with E-state index in [0.29, 0.717) is 31.6 Å². The van der Waals surface area contributed by atoms with E-state index in [1.807, 2.05) is 13.8 Å². The Balaban J connectivity index is 2.20. The summed E-state index contributed by atoms with van der Waals surface area (Å²) in [7, 11) is 0. The Morgan fingerprint density at radius 3 is 2.47 bits per heavy atom. The van der Waals surface area contributed by atoms with Crippen LogP contribution in [0.1, 0.15) is 59.8 Å². The number of nitrogens with zero attached hydrogens (tertiary/aromatic N) is 3. The van der Waals surface area contributed by atoms with Gasteiger partial charge in [0, 0.05) is 38.3 Å². The molecule has 9 heteroatoms. The molecule has 1 aromatic rings. The fourth-order valence-electron chi connectivity index (χ4n) is 3.97. The molecule has 4 N–H and O–H groups in total. The molecule has 170 valence electrons. The Kier molecular flexibility index (Phi) is 9.10. The lowest BCUT2D eigenvalue weighted by molar-refractivity contribution is -0.120. The quantitative estimate of drug-likeness (QED) is 0.520. The Bertz CT molecular complexity index is 808. The molecule has 0 bridgehead atoms. The van der Waals surface area contributed by atoms with Crippen LogP contribution in [-0.2, 0) is 11.3 Å². The number of rotatable bonds is 10. The van der Waals surface area contributed by atoms with E-state index < -0.39 is 11.2 Å². The number of nitrogen functional groups attached to an aromatic ring is 1. The van der Waals surface area contributed by atoms with Crippen LogP contribution in [0.5, 0.6) is 0 Å². The maximum absolute atomic E-state index is 13.2. The molecule has 2 rings (SSSR count). The number of nitrogens with one attached hydrogen (secondary N) is 2. The molecule has 1 saturated heterocycles. The summed E-state index contributed by atoms with van der Waals surface area (Å²) in [5.74, 6) is -0.0903. The first-order valence-corrected chi connectivity index (χ1v) is 11.2. The lowest BCUT2D eigenvalue weighted by Gasteiger charge is -2.34. The van der Waals surface area contributed by atoms with Gasteiger partial charge in [-0.25, -0.2) is 4.79 Å². The highest BCUT2D eigenvalue weighted by atomic mass is 16.2. The maximum atomic E-state index is 13.2. The first-order chi connectivity index (χ1) is 14.3. The topological polar surface area (TPSA) is 116 Å². The minimum atomic E-state index is -0.603. The predicted molar refractivity (Wildman–Crippen MR) is 121 cm³/mol. The molecule has 1 aliphatic rings. The van der Waals surface area contributed by atoms with E-state index in [0.717, 1.165) is 38.8 Å².